The lowest BCUT2D eigenvalue weighted by molar-refractivity contribution is 1.23. The van der Waals surface area contributed by atoms with E-state index in [4.69, 9.17) is 0 Å². The van der Waals surface area contributed by atoms with Crippen LogP contribution < -0.4 is 0 Å². The van der Waals surface area contributed by atoms with Crippen molar-refractivity contribution in [3.63, 3.8) is 0 Å². The Morgan fingerprint density at radius 3 is 2.91 bits per heavy atom. The van der Waals surface area contributed by atoms with Crippen molar-refractivity contribution in [1.82, 2.24) is 9.97 Å². The number of hydrogen-bond acceptors (Lipinski definition) is 3. The van der Waals surface area contributed by atoms with Crippen LogP contribution in [0, 0.1) is 0 Å². The van der Waals surface area contributed by atoms with Gasteiger partial charge < -0.3 is 0 Å². The van der Waals surface area contributed by atoms with Crippen LogP contribution in [-0.2, 0) is 0 Å². The first kappa shape index (κ1) is 8.14. The molecule has 2 aromatic heterocycles. The van der Waals surface area contributed by atoms with Crippen molar-refractivity contribution in [3.05, 3.63) is 24.0 Å². The van der Waals surface area contributed by atoms with Crippen molar-refractivity contribution in [2.24, 2.45) is 0 Å². The average Bonchev–Trinajstić information content (AvgIpc) is 2.55. The van der Waals surface area contributed by atoms with Crippen molar-refractivity contribution in [1.29, 1.82) is 0 Å². The van der Waals surface area contributed by atoms with Gasteiger partial charge in [-0.25, -0.2) is 9.97 Å². The molecule has 0 atom stereocenters. The standard InChI is InChI=1S/C6H4N2S.C2H6/c1-2-9-6-3-7-4-8-5(1)6;1-2/h1-4H;1-2H3. The molecule has 0 saturated carbocycles. The molecule has 2 rings (SSSR count). The van der Waals surface area contributed by atoms with Gasteiger partial charge in [0.1, 0.15) is 6.33 Å². The Kier molecular flexibility index (Phi) is 2.98. The van der Waals surface area contributed by atoms with Crippen LogP contribution in [0.4, 0.5) is 0 Å². The normalized spacial score (nSPS) is 8.91. The van der Waals surface area contributed by atoms with E-state index in [1.165, 1.54) is 0 Å². The first-order valence-corrected chi connectivity index (χ1v) is 4.48. The molecule has 0 aromatic carbocycles. The Balaban J connectivity index is 0.000000281. The number of aromatic nitrogens is 2. The van der Waals surface area contributed by atoms with Gasteiger partial charge in [-0.1, -0.05) is 13.8 Å². The van der Waals surface area contributed by atoms with E-state index in [0.29, 0.717) is 0 Å². The SMILES string of the molecule is CC.c1ncc2sccc2n1. The minimum atomic E-state index is 1.04. The smallest absolute Gasteiger partial charge is 0.116 e. The zero-order valence-corrected chi connectivity index (χ0v) is 7.43. The number of fused-ring (bicyclic) bond motifs is 1. The fraction of sp³-hybridized carbons (Fsp3) is 0.250. The zero-order chi connectivity index (χ0) is 8.10. The molecule has 58 valence electrons. The molecule has 0 aliphatic rings. The molecule has 0 aliphatic carbocycles. The van der Waals surface area contributed by atoms with Crippen LogP contribution in [0.1, 0.15) is 13.8 Å². The van der Waals surface area contributed by atoms with Crippen LogP contribution in [0.5, 0.6) is 0 Å². The van der Waals surface area contributed by atoms with Crippen molar-refractivity contribution in [2.75, 3.05) is 0 Å². The van der Waals surface area contributed by atoms with Gasteiger partial charge in [0.25, 0.3) is 0 Å². The highest BCUT2D eigenvalue weighted by atomic mass is 32.1. The molecule has 3 heteroatoms. The van der Waals surface area contributed by atoms with Crippen molar-refractivity contribution < 1.29 is 0 Å². The van der Waals surface area contributed by atoms with E-state index in [-0.39, 0.29) is 0 Å². The van der Waals surface area contributed by atoms with Gasteiger partial charge in [-0.3, -0.25) is 0 Å². The minimum absolute atomic E-state index is 1.04. The fourth-order valence-electron chi connectivity index (χ4n) is 0.714. The van der Waals surface area contributed by atoms with Crippen LogP contribution in [-0.4, -0.2) is 9.97 Å². The van der Waals surface area contributed by atoms with Crippen LogP contribution in [0.15, 0.2) is 24.0 Å². The summed E-state index contributed by atoms with van der Waals surface area (Å²) in [5.74, 6) is 0. The molecular weight excluding hydrogens is 156 g/mol. The predicted molar refractivity (Wildman–Crippen MR) is 48.8 cm³/mol. The topological polar surface area (TPSA) is 25.8 Å². The van der Waals surface area contributed by atoms with Crippen molar-refractivity contribution in [2.45, 2.75) is 13.8 Å². The largest absolute Gasteiger partial charge is 0.243 e. The highest BCUT2D eigenvalue weighted by Crippen LogP contribution is 2.15. The lowest BCUT2D eigenvalue weighted by atomic mass is 10.5. The molecule has 0 unspecified atom stereocenters. The summed E-state index contributed by atoms with van der Waals surface area (Å²) in [6.07, 6.45) is 3.39. The highest BCUT2D eigenvalue weighted by Gasteiger charge is 1.90. The Morgan fingerprint density at radius 1 is 1.36 bits per heavy atom. The summed E-state index contributed by atoms with van der Waals surface area (Å²) in [6, 6.07) is 1.99. The molecule has 2 heterocycles. The van der Waals surface area contributed by atoms with E-state index in [1.807, 2.05) is 31.5 Å². The lowest BCUT2D eigenvalue weighted by Crippen LogP contribution is -1.72. The fourth-order valence-corrected chi connectivity index (χ4v) is 1.42. The van der Waals surface area contributed by atoms with Crippen LogP contribution in [0.25, 0.3) is 10.2 Å². The average molecular weight is 166 g/mol. The lowest BCUT2D eigenvalue weighted by Gasteiger charge is -1.81. The van der Waals surface area contributed by atoms with Gasteiger partial charge in [-0.15, -0.1) is 11.3 Å². The summed E-state index contributed by atoms with van der Waals surface area (Å²) in [5, 5.41) is 2.01. The van der Waals surface area contributed by atoms with E-state index < -0.39 is 0 Å². The number of rotatable bonds is 0. The summed E-state index contributed by atoms with van der Waals surface area (Å²) >= 11 is 1.66. The van der Waals surface area contributed by atoms with Gasteiger partial charge in [0, 0.05) is 6.20 Å². The molecule has 0 amide bonds. The molecule has 0 saturated heterocycles. The predicted octanol–water partition coefficient (Wildman–Crippen LogP) is 2.72. The quantitative estimate of drug-likeness (QED) is 0.601. The third kappa shape index (κ3) is 1.74. The Morgan fingerprint density at radius 2 is 2.18 bits per heavy atom. The molecule has 0 spiro atoms. The molecule has 2 aromatic rings. The van der Waals surface area contributed by atoms with E-state index in [2.05, 4.69) is 9.97 Å². The first-order valence-electron chi connectivity index (χ1n) is 3.60. The second-order valence-corrected chi connectivity index (χ2v) is 2.64. The Bertz CT molecular complexity index is 286. The van der Waals surface area contributed by atoms with E-state index >= 15 is 0 Å². The van der Waals surface area contributed by atoms with Gasteiger partial charge >= 0.3 is 0 Å². The maximum atomic E-state index is 4.04. The maximum absolute atomic E-state index is 4.04. The van der Waals surface area contributed by atoms with Gasteiger partial charge in [0.2, 0.25) is 0 Å². The van der Waals surface area contributed by atoms with Gasteiger partial charge in [0.05, 0.1) is 10.2 Å². The van der Waals surface area contributed by atoms with Crippen LogP contribution in [0.3, 0.4) is 0 Å². The second-order valence-electron chi connectivity index (χ2n) is 1.69. The number of hydrogen-bond donors (Lipinski definition) is 0. The summed E-state index contributed by atoms with van der Waals surface area (Å²) < 4.78 is 1.15. The van der Waals surface area contributed by atoms with Crippen LogP contribution >= 0.6 is 11.3 Å². The summed E-state index contributed by atoms with van der Waals surface area (Å²) in [5.41, 5.74) is 1.04. The molecule has 2 nitrogen and oxygen atoms in total. The molecular formula is C8H10N2S. The van der Waals surface area contributed by atoms with Crippen molar-refractivity contribution >= 4 is 21.6 Å². The van der Waals surface area contributed by atoms with Gasteiger partial charge in [0.15, 0.2) is 0 Å². The minimum Gasteiger partial charge on any atom is -0.243 e. The zero-order valence-electron chi connectivity index (χ0n) is 6.61. The van der Waals surface area contributed by atoms with Gasteiger partial charge in [-0.05, 0) is 11.4 Å². The molecule has 11 heavy (non-hydrogen) atoms. The first-order chi connectivity index (χ1) is 5.47. The third-order valence-electron chi connectivity index (χ3n) is 1.13. The van der Waals surface area contributed by atoms with Crippen LogP contribution in [0.2, 0.25) is 0 Å². The summed E-state index contributed by atoms with van der Waals surface area (Å²) in [6.45, 7) is 4.00. The summed E-state index contributed by atoms with van der Waals surface area (Å²) in [4.78, 5) is 7.92. The maximum Gasteiger partial charge on any atom is 0.116 e. The molecule has 0 aliphatic heterocycles. The number of nitrogens with zero attached hydrogens (tertiary/aromatic N) is 2. The highest BCUT2D eigenvalue weighted by molar-refractivity contribution is 7.17. The summed E-state index contributed by atoms with van der Waals surface area (Å²) in [7, 11) is 0. The molecule has 0 N–H and O–H groups in total. The van der Waals surface area contributed by atoms with E-state index in [9.17, 15) is 0 Å². The Labute approximate surface area is 69.9 Å². The van der Waals surface area contributed by atoms with E-state index in [1.54, 1.807) is 17.7 Å². The molecule has 0 bridgehead atoms. The van der Waals surface area contributed by atoms with Crippen molar-refractivity contribution in [3.8, 4) is 0 Å². The monoisotopic (exact) mass is 166 g/mol. The Hall–Kier alpha value is -0.960. The third-order valence-corrected chi connectivity index (χ3v) is 1.97. The van der Waals surface area contributed by atoms with E-state index in [0.717, 1.165) is 10.2 Å². The molecule has 0 radical (unpaired) electrons. The molecule has 0 fully saturated rings. The number of thiophene rings is 1. The van der Waals surface area contributed by atoms with Gasteiger partial charge in [-0.2, -0.15) is 0 Å². The second kappa shape index (κ2) is 4.03.